The van der Waals surface area contributed by atoms with E-state index in [-0.39, 0.29) is 28.1 Å². The molecule has 30 heavy (non-hydrogen) atoms. The van der Waals surface area contributed by atoms with Gasteiger partial charge in [0, 0.05) is 4.47 Å². The predicted molar refractivity (Wildman–Crippen MR) is 110 cm³/mol. The van der Waals surface area contributed by atoms with E-state index in [0.717, 1.165) is 0 Å². The number of ether oxygens (including phenoxy) is 2. The summed E-state index contributed by atoms with van der Waals surface area (Å²) in [5.74, 6) is -0.776. The van der Waals surface area contributed by atoms with Crippen molar-refractivity contribution in [2.45, 2.75) is 0 Å². The van der Waals surface area contributed by atoms with Gasteiger partial charge < -0.3 is 14.5 Å². The van der Waals surface area contributed by atoms with Gasteiger partial charge >= 0.3 is 5.97 Å². The number of aromatic nitrogens is 4. The number of esters is 1. The number of hydrogen-bond acceptors (Lipinski definition) is 6. The van der Waals surface area contributed by atoms with Gasteiger partial charge in [-0.05, 0) is 42.5 Å². The molecule has 0 saturated carbocycles. The molecule has 0 bridgehead atoms. The highest BCUT2D eigenvalue weighted by molar-refractivity contribution is 9.10. The molecule has 1 N–H and O–H groups in total. The smallest absolute Gasteiger partial charge is 0.360 e. The number of aromatic amines is 1. The maximum Gasteiger partial charge on any atom is 0.360 e. The number of benzene rings is 2. The van der Waals surface area contributed by atoms with Gasteiger partial charge in [0.2, 0.25) is 0 Å². The average molecular weight is 473 g/mol. The Morgan fingerprint density at radius 1 is 1.17 bits per heavy atom. The highest BCUT2D eigenvalue weighted by Gasteiger charge is 2.24. The molecule has 4 rings (SSSR count). The first-order valence-electron chi connectivity index (χ1n) is 8.64. The molecule has 0 saturated heterocycles. The van der Waals surface area contributed by atoms with Crippen molar-refractivity contribution in [1.82, 2.24) is 19.7 Å². The Bertz CT molecular complexity index is 1330. The molecule has 0 unspecified atom stereocenters. The van der Waals surface area contributed by atoms with Crippen LogP contribution in [0.3, 0.4) is 0 Å². The topological polar surface area (TPSA) is 99.1 Å². The summed E-state index contributed by atoms with van der Waals surface area (Å²) in [5.41, 5.74) is -0.138. The fraction of sp³-hybridized carbons (Fsp3) is 0.100. The molecule has 0 radical (unpaired) electrons. The second-order valence-corrected chi connectivity index (χ2v) is 7.10. The highest BCUT2D eigenvalue weighted by atomic mass is 79.9. The monoisotopic (exact) mass is 472 g/mol. The average Bonchev–Trinajstić information content (AvgIpc) is 3.13. The number of carbonyl (C=O) groups excluding carboxylic acids is 1. The van der Waals surface area contributed by atoms with Crippen molar-refractivity contribution in [3.63, 3.8) is 0 Å². The van der Waals surface area contributed by atoms with Gasteiger partial charge in [0.1, 0.15) is 22.9 Å². The van der Waals surface area contributed by atoms with Crippen LogP contribution in [0.15, 0.2) is 51.7 Å². The van der Waals surface area contributed by atoms with E-state index in [0.29, 0.717) is 15.9 Å². The number of hydrogen-bond donors (Lipinski definition) is 1. The summed E-state index contributed by atoms with van der Waals surface area (Å²) in [6, 6.07) is 11.1. The van der Waals surface area contributed by atoms with Crippen LogP contribution in [0.2, 0.25) is 0 Å². The van der Waals surface area contributed by atoms with E-state index in [1.54, 1.807) is 30.3 Å². The number of rotatable bonds is 4. The molecule has 0 amide bonds. The molecule has 152 valence electrons. The molecule has 2 heterocycles. The summed E-state index contributed by atoms with van der Waals surface area (Å²) >= 11 is 3.19. The second-order valence-electron chi connectivity index (χ2n) is 6.19. The number of nitrogens with one attached hydrogen (secondary N) is 1. The summed E-state index contributed by atoms with van der Waals surface area (Å²) in [7, 11) is 2.73. The summed E-state index contributed by atoms with van der Waals surface area (Å²) in [5, 5.41) is 4.24. The summed E-state index contributed by atoms with van der Waals surface area (Å²) in [4.78, 5) is 32.1. The zero-order chi connectivity index (χ0) is 21.4. The van der Waals surface area contributed by atoms with Crippen molar-refractivity contribution in [2.24, 2.45) is 0 Å². The standard InChI is InChI=1S/C20H14BrFN4O4/c1-29-12-6-4-11(5-7-12)26-17-15(16(25-26)20(28)30-2)23-18(24-19(17)27)13-8-3-10(21)9-14(13)22/h3-9H,1-2H3,(H,23,24,27). The lowest BCUT2D eigenvalue weighted by atomic mass is 10.2. The fourth-order valence-corrected chi connectivity index (χ4v) is 3.31. The van der Waals surface area contributed by atoms with Crippen LogP contribution in [0.25, 0.3) is 28.1 Å². The fourth-order valence-electron chi connectivity index (χ4n) is 2.98. The van der Waals surface area contributed by atoms with Gasteiger partial charge in [0.05, 0.1) is 25.5 Å². The lowest BCUT2D eigenvalue weighted by molar-refractivity contribution is 0.0595. The lowest BCUT2D eigenvalue weighted by Crippen LogP contribution is -2.13. The predicted octanol–water partition coefficient (Wildman–Crippen LogP) is 3.47. The SMILES string of the molecule is COC(=O)c1nn(-c2ccc(OC)cc2)c2c(=O)[nH]c(-c3ccc(Br)cc3F)nc12. The molecule has 0 aliphatic carbocycles. The molecule has 0 fully saturated rings. The van der Waals surface area contributed by atoms with Crippen LogP contribution in [0.5, 0.6) is 5.75 Å². The van der Waals surface area contributed by atoms with Crippen molar-refractivity contribution in [3.05, 3.63) is 68.8 Å². The Kier molecular flexibility index (Phi) is 5.08. The van der Waals surface area contributed by atoms with E-state index in [4.69, 9.17) is 9.47 Å². The van der Waals surface area contributed by atoms with E-state index in [9.17, 15) is 14.0 Å². The summed E-state index contributed by atoms with van der Waals surface area (Å²) < 4.78 is 26.2. The minimum atomic E-state index is -0.771. The van der Waals surface area contributed by atoms with Crippen molar-refractivity contribution in [3.8, 4) is 22.8 Å². The zero-order valence-electron chi connectivity index (χ0n) is 15.8. The molecular formula is C20H14BrFN4O4. The first kappa shape index (κ1) is 19.8. The van der Waals surface area contributed by atoms with Crippen LogP contribution in [0.1, 0.15) is 10.5 Å². The van der Waals surface area contributed by atoms with Gasteiger partial charge in [-0.1, -0.05) is 15.9 Å². The van der Waals surface area contributed by atoms with Crippen molar-refractivity contribution >= 4 is 32.9 Å². The van der Waals surface area contributed by atoms with Crippen LogP contribution in [0.4, 0.5) is 4.39 Å². The van der Waals surface area contributed by atoms with Gasteiger partial charge in [-0.15, -0.1) is 0 Å². The van der Waals surface area contributed by atoms with Crippen LogP contribution in [-0.2, 0) is 4.74 Å². The Hall–Kier alpha value is -3.53. The van der Waals surface area contributed by atoms with Crippen molar-refractivity contribution < 1.29 is 18.7 Å². The number of nitrogens with zero attached hydrogens (tertiary/aromatic N) is 3. The van der Waals surface area contributed by atoms with Crippen LogP contribution >= 0.6 is 15.9 Å². The molecule has 0 aliphatic heterocycles. The molecule has 4 aromatic rings. The van der Waals surface area contributed by atoms with Crippen LogP contribution in [0, 0.1) is 5.82 Å². The summed E-state index contributed by atoms with van der Waals surface area (Å²) in [6.45, 7) is 0. The first-order valence-corrected chi connectivity index (χ1v) is 9.43. The molecule has 0 atom stereocenters. The van der Waals surface area contributed by atoms with E-state index < -0.39 is 17.3 Å². The number of halogens is 2. The third-order valence-corrected chi connectivity index (χ3v) is 4.91. The van der Waals surface area contributed by atoms with E-state index >= 15 is 0 Å². The second kappa shape index (κ2) is 7.71. The normalized spacial score (nSPS) is 10.9. The maximum atomic E-state index is 14.4. The lowest BCUT2D eigenvalue weighted by Gasteiger charge is -2.06. The highest BCUT2D eigenvalue weighted by Crippen LogP contribution is 2.26. The maximum absolute atomic E-state index is 14.4. The van der Waals surface area contributed by atoms with Gasteiger partial charge in [-0.25, -0.2) is 18.9 Å². The number of carbonyl (C=O) groups is 1. The minimum absolute atomic E-state index is 0.00117. The van der Waals surface area contributed by atoms with Gasteiger partial charge in [0.15, 0.2) is 11.2 Å². The third kappa shape index (κ3) is 3.35. The van der Waals surface area contributed by atoms with E-state index in [1.807, 2.05) is 0 Å². The number of H-pyrrole nitrogens is 1. The third-order valence-electron chi connectivity index (χ3n) is 4.41. The molecule has 2 aromatic heterocycles. The Labute approximate surface area is 177 Å². The largest absolute Gasteiger partial charge is 0.497 e. The summed E-state index contributed by atoms with van der Waals surface area (Å²) in [6.07, 6.45) is 0. The van der Waals surface area contributed by atoms with Crippen LogP contribution in [-0.4, -0.2) is 39.9 Å². The number of fused-ring (bicyclic) bond motifs is 1. The van der Waals surface area contributed by atoms with Crippen molar-refractivity contribution in [2.75, 3.05) is 14.2 Å². The molecule has 0 spiro atoms. The zero-order valence-corrected chi connectivity index (χ0v) is 17.4. The Morgan fingerprint density at radius 3 is 2.53 bits per heavy atom. The van der Waals surface area contributed by atoms with Gasteiger partial charge in [-0.2, -0.15) is 5.10 Å². The minimum Gasteiger partial charge on any atom is -0.497 e. The van der Waals surface area contributed by atoms with Crippen LogP contribution < -0.4 is 10.3 Å². The molecular weight excluding hydrogens is 459 g/mol. The molecule has 8 nitrogen and oxygen atoms in total. The van der Waals surface area contributed by atoms with Gasteiger partial charge in [0.25, 0.3) is 5.56 Å². The molecule has 10 heteroatoms. The molecule has 0 aliphatic rings. The van der Waals surface area contributed by atoms with E-state index in [1.165, 1.54) is 31.0 Å². The Morgan fingerprint density at radius 2 is 1.90 bits per heavy atom. The first-order chi connectivity index (χ1) is 14.4. The molecule has 2 aromatic carbocycles. The van der Waals surface area contributed by atoms with Gasteiger partial charge in [-0.3, -0.25) is 4.79 Å². The van der Waals surface area contributed by atoms with E-state index in [2.05, 4.69) is 31.0 Å². The Balaban J connectivity index is 1.99. The van der Waals surface area contributed by atoms with Crippen molar-refractivity contribution in [1.29, 1.82) is 0 Å². The number of methoxy groups -OCH3 is 2. The quantitative estimate of drug-likeness (QED) is 0.456.